The number of amides is 1. The smallest absolute Gasteiger partial charge is 0.305 e. The molecule has 0 bridgehead atoms. The number of allylic oxidation sites excluding steroid dienone is 3. The molecule has 0 aromatic rings. The van der Waals surface area contributed by atoms with E-state index in [2.05, 4.69) is 31.3 Å². The molecule has 49 heavy (non-hydrogen) atoms. The number of carbonyl (C=O) groups is 2. The van der Waals surface area contributed by atoms with E-state index in [1.54, 1.807) is 6.08 Å². The third-order valence-corrected chi connectivity index (χ3v) is 9.47. The maximum absolute atomic E-state index is 12.3. The Bertz CT molecular complexity index is 767. The molecule has 3 N–H and O–H groups in total. The monoisotopic (exact) mass is 692 g/mol. The number of aliphatic hydroxyl groups is 2. The van der Waals surface area contributed by atoms with Gasteiger partial charge in [-0.15, -0.1) is 0 Å². The van der Waals surface area contributed by atoms with Gasteiger partial charge in [0, 0.05) is 12.8 Å². The summed E-state index contributed by atoms with van der Waals surface area (Å²) in [5.41, 5.74) is 0. The zero-order valence-corrected chi connectivity index (χ0v) is 32.4. The van der Waals surface area contributed by atoms with Crippen LogP contribution in [0.4, 0.5) is 0 Å². The van der Waals surface area contributed by atoms with Crippen LogP contribution in [0.3, 0.4) is 0 Å². The van der Waals surface area contributed by atoms with Crippen LogP contribution in [0, 0.1) is 0 Å². The van der Waals surface area contributed by atoms with Gasteiger partial charge in [0.1, 0.15) is 0 Å². The van der Waals surface area contributed by atoms with Crippen molar-refractivity contribution < 1.29 is 24.5 Å². The maximum atomic E-state index is 12.3. The average molecular weight is 692 g/mol. The minimum Gasteiger partial charge on any atom is -0.466 e. The van der Waals surface area contributed by atoms with Gasteiger partial charge in [-0.25, -0.2) is 0 Å². The van der Waals surface area contributed by atoms with Gasteiger partial charge in [0.05, 0.1) is 25.4 Å². The van der Waals surface area contributed by atoms with Crippen LogP contribution in [0.25, 0.3) is 0 Å². The largest absolute Gasteiger partial charge is 0.466 e. The van der Waals surface area contributed by atoms with Crippen molar-refractivity contribution in [1.82, 2.24) is 5.32 Å². The highest BCUT2D eigenvalue weighted by Gasteiger charge is 2.17. The van der Waals surface area contributed by atoms with Crippen LogP contribution in [0.2, 0.25) is 0 Å². The van der Waals surface area contributed by atoms with Crippen LogP contribution in [0.5, 0.6) is 0 Å². The van der Waals surface area contributed by atoms with E-state index in [1.165, 1.54) is 103 Å². The van der Waals surface area contributed by atoms with E-state index in [0.717, 1.165) is 83.5 Å². The second-order valence-electron chi connectivity index (χ2n) is 14.3. The van der Waals surface area contributed by atoms with E-state index in [1.807, 2.05) is 6.08 Å². The molecule has 0 aromatic carbocycles. The van der Waals surface area contributed by atoms with Gasteiger partial charge in [-0.3, -0.25) is 9.59 Å². The minimum atomic E-state index is -0.856. The molecule has 0 fully saturated rings. The normalized spacial score (nSPS) is 13.0. The minimum absolute atomic E-state index is 0.0262. The van der Waals surface area contributed by atoms with Crippen molar-refractivity contribution in [2.75, 3.05) is 13.2 Å². The molecule has 0 spiro atoms. The summed E-state index contributed by atoms with van der Waals surface area (Å²) in [4.78, 5) is 24.2. The lowest BCUT2D eigenvalue weighted by Gasteiger charge is -2.20. The number of hydrogen-bond acceptors (Lipinski definition) is 5. The lowest BCUT2D eigenvalue weighted by molar-refractivity contribution is -0.143. The van der Waals surface area contributed by atoms with Crippen molar-refractivity contribution in [2.24, 2.45) is 0 Å². The number of hydrogen-bond donors (Lipinski definition) is 3. The Balaban J connectivity index is 3.55. The van der Waals surface area contributed by atoms with E-state index in [9.17, 15) is 19.8 Å². The lowest BCUT2D eigenvalue weighted by atomic mass is 10.1. The van der Waals surface area contributed by atoms with Gasteiger partial charge in [0.15, 0.2) is 0 Å². The van der Waals surface area contributed by atoms with Gasteiger partial charge in [-0.1, -0.05) is 160 Å². The molecule has 0 aliphatic rings. The highest BCUT2D eigenvalue weighted by atomic mass is 16.5. The summed E-state index contributed by atoms with van der Waals surface area (Å²) < 4.78 is 5.41. The van der Waals surface area contributed by atoms with Crippen molar-refractivity contribution >= 4 is 11.9 Å². The predicted octanol–water partition coefficient (Wildman–Crippen LogP) is 11.6. The summed E-state index contributed by atoms with van der Waals surface area (Å²) in [6.07, 6.45) is 43.0. The first-order valence-corrected chi connectivity index (χ1v) is 21.1. The van der Waals surface area contributed by atoms with E-state index >= 15 is 0 Å². The molecule has 0 saturated heterocycles. The van der Waals surface area contributed by atoms with Crippen LogP contribution in [-0.2, 0) is 14.3 Å². The summed E-state index contributed by atoms with van der Waals surface area (Å²) in [6, 6.07) is -0.643. The number of rotatable bonds is 38. The molecular weight excluding hydrogens is 610 g/mol. The summed E-state index contributed by atoms with van der Waals surface area (Å²) in [7, 11) is 0. The van der Waals surface area contributed by atoms with Gasteiger partial charge in [-0.2, -0.15) is 0 Å². The maximum Gasteiger partial charge on any atom is 0.305 e. The quantitative estimate of drug-likeness (QED) is 0.0340. The number of nitrogens with one attached hydrogen (secondary N) is 1. The standard InChI is InChI=1S/C43H81NO5/c1-3-5-7-9-11-13-16-21-25-29-33-37-43(48)49-38-34-30-26-22-18-15-14-17-20-24-28-32-36-42(47)44-40(39-45)41(46)35-31-27-23-19-12-10-8-6-4-2/h15,18,31,35,40-41,45-46H,3-14,16-17,19-30,32-34,36-39H2,1-2H3,(H,44,47)/b18-15-,35-31+. The fourth-order valence-electron chi connectivity index (χ4n) is 6.15. The van der Waals surface area contributed by atoms with Crippen LogP contribution >= 0.6 is 0 Å². The van der Waals surface area contributed by atoms with Crippen molar-refractivity contribution in [3.8, 4) is 0 Å². The SMILES string of the molecule is CCCCCCCCC/C=C/C(O)C(CO)NC(=O)CCCCCCC/C=C\CCCCCOC(=O)CCCCCCCCCCCCC. The Morgan fingerprint density at radius 1 is 0.551 bits per heavy atom. The number of carbonyl (C=O) groups excluding carboxylic acids is 2. The number of aliphatic hydroxyl groups excluding tert-OH is 2. The van der Waals surface area contributed by atoms with Crippen molar-refractivity contribution in [1.29, 1.82) is 0 Å². The van der Waals surface area contributed by atoms with Gasteiger partial charge < -0.3 is 20.3 Å². The molecule has 2 unspecified atom stereocenters. The van der Waals surface area contributed by atoms with Crippen LogP contribution in [0.1, 0.15) is 213 Å². The molecule has 0 aromatic heterocycles. The highest BCUT2D eigenvalue weighted by Crippen LogP contribution is 2.13. The molecular formula is C43H81NO5. The highest BCUT2D eigenvalue weighted by molar-refractivity contribution is 5.76. The van der Waals surface area contributed by atoms with Gasteiger partial charge >= 0.3 is 5.97 Å². The van der Waals surface area contributed by atoms with E-state index in [-0.39, 0.29) is 18.5 Å². The molecule has 0 heterocycles. The van der Waals surface area contributed by atoms with E-state index in [0.29, 0.717) is 19.4 Å². The second kappa shape index (κ2) is 39.1. The summed E-state index contributed by atoms with van der Waals surface area (Å²) in [5, 5.41) is 22.8. The molecule has 0 saturated carbocycles. The molecule has 6 nitrogen and oxygen atoms in total. The first-order valence-electron chi connectivity index (χ1n) is 21.1. The topological polar surface area (TPSA) is 95.9 Å². The third kappa shape index (κ3) is 36.0. The molecule has 0 rings (SSSR count). The molecule has 0 radical (unpaired) electrons. The van der Waals surface area contributed by atoms with Crippen LogP contribution in [0.15, 0.2) is 24.3 Å². The van der Waals surface area contributed by atoms with Gasteiger partial charge in [0.25, 0.3) is 0 Å². The van der Waals surface area contributed by atoms with Crippen molar-refractivity contribution in [2.45, 2.75) is 225 Å². The number of ether oxygens (including phenoxy) is 1. The molecule has 0 aliphatic heterocycles. The Kier molecular flexibility index (Phi) is 37.8. The van der Waals surface area contributed by atoms with Crippen LogP contribution in [-0.4, -0.2) is 47.4 Å². The first-order chi connectivity index (χ1) is 24.0. The van der Waals surface area contributed by atoms with Gasteiger partial charge in [0.2, 0.25) is 5.91 Å². The summed E-state index contributed by atoms with van der Waals surface area (Å²) in [6.45, 7) is 4.79. The second-order valence-corrected chi connectivity index (χ2v) is 14.3. The Hall–Kier alpha value is -1.66. The molecule has 288 valence electrons. The Morgan fingerprint density at radius 2 is 0.959 bits per heavy atom. The summed E-state index contributed by atoms with van der Waals surface area (Å²) in [5.74, 6) is -0.124. The third-order valence-electron chi connectivity index (χ3n) is 9.47. The zero-order chi connectivity index (χ0) is 35.9. The van der Waals surface area contributed by atoms with Crippen molar-refractivity contribution in [3.05, 3.63) is 24.3 Å². The first kappa shape index (κ1) is 47.3. The summed E-state index contributed by atoms with van der Waals surface area (Å²) >= 11 is 0. The fraction of sp³-hybridized carbons (Fsp3) is 0.860. The number of esters is 1. The molecule has 1 amide bonds. The lowest BCUT2D eigenvalue weighted by Crippen LogP contribution is -2.45. The number of unbranched alkanes of at least 4 members (excludes halogenated alkanes) is 25. The molecule has 6 heteroatoms. The molecule has 2 atom stereocenters. The Morgan fingerprint density at radius 3 is 1.45 bits per heavy atom. The van der Waals surface area contributed by atoms with E-state index in [4.69, 9.17) is 4.74 Å². The fourth-order valence-corrected chi connectivity index (χ4v) is 6.15. The van der Waals surface area contributed by atoms with Gasteiger partial charge in [-0.05, 0) is 64.2 Å². The van der Waals surface area contributed by atoms with Crippen LogP contribution < -0.4 is 5.32 Å². The zero-order valence-electron chi connectivity index (χ0n) is 32.4. The predicted molar refractivity (Wildman–Crippen MR) is 209 cm³/mol. The van der Waals surface area contributed by atoms with E-state index < -0.39 is 12.1 Å². The van der Waals surface area contributed by atoms with Crippen molar-refractivity contribution in [3.63, 3.8) is 0 Å². The Labute approximate surface area is 303 Å². The average Bonchev–Trinajstić information content (AvgIpc) is 3.10. The molecule has 0 aliphatic carbocycles.